The Morgan fingerprint density at radius 2 is 1.12 bits per heavy atom. The SMILES string of the molecule is C=C/C=C(\C=C)c1ccc(N(c2ccc(-c3ccc4c(c3)c3ccccc3n4-c3ccccc3)c(-c3ccccc3)c2)c2ccc3c(c2)C(C)(C)c2ccccc2-3)cc1. The quantitative estimate of drug-likeness (QED) is 0.133. The molecule has 0 N–H and O–H groups in total. The summed E-state index contributed by atoms with van der Waals surface area (Å²) < 4.78 is 2.38. The molecule has 282 valence electrons. The Morgan fingerprint density at radius 1 is 0.492 bits per heavy atom. The van der Waals surface area contributed by atoms with Gasteiger partial charge in [-0.1, -0.05) is 167 Å². The summed E-state index contributed by atoms with van der Waals surface area (Å²) in [5.74, 6) is 0. The molecule has 8 aromatic carbocycles. The number of hydrogen-bond acceptors (Lipinski definition) is 1. The van der Waals surface area contributed by atoms with Crippen molar-refractivity contribution in [2.24, 2.45) is 0 Å². The number of rotatable bonds is 9. The lowest BCUT2D eigenvalue weighted by Gasteiger charge is -2.29. The highest BCUT2D eigenvalue weighted by atomic mass is 15.1. The number of para-hydroxylation sites is 2. The fraction of sp³-hybridized carbons (Fsp3) is 0.0526. The van der Waals surface area contributed by atoms with Crippen LogP contribution < -0.4 is 4.90 Å². The molecular weight excluding hydrogens is 713 g/mol. The first-order chi connectivity index (χ1) is 28.9. The maximum absolute atomic E-state index is 4.06. The second kappa shape index (κ2) is 14.5. The van der Waals surface area contributed by atoms with E-state index in [0.29, 0.717) is 0 Å². The van der Waals surface area contributed by atoms with Crippen LogP contribution in [0.5, 0.6) is 0 Å². The van der Waals surface area contributed by atoms with Crippen LogP contribution in [0.2, 0.25) is 0 Å². The molecule has 0 amide bonds. The van der Waals surface area contributed by atoms with Crippen molar-refractivity contribution in [3.05, 3.63) is 236 Å². The summed E-state index contributed by atoms with van der Waals surface area (Å²) in [7, 11) is 0. The lowest BCUT2D eigenvalue weighted by molar-refractivity contribution is 0.660. The average Bonchev–Trinajstić information content (AvgIpc) is 3.74. The van der Waals surface area contributed by atoms with Crippen LogP contribution in [-0.2, 0) is 5.41 Å². The van der Waals surface area contributed by atoms with Crippen molar-refractivity contribution in [3.63, 3.8) is 0 Å². The third-order valence-electron chi connectivity index (χ3n) is 12.1. The first-order valence-corrected chi connectivity index (χ1v) is 20.3. The van der Waals surface area contributed by atoms with E-state index >= 15 is 0 Å². The maximum atomic E-state index is 4.06. The van der Waals surface area contributed by atoms with E-state index < -0.39 is 0 Å². The molecule has 1 aromatic heterocycles. The van der Waals surface area contributed by atoms with Gasteiger partial charge in [0.15, 0.2) is 0 Å². The van der Waals surface area contributed by atoms with Crippen molar-refractivity contribution in [2.75, 3.05) is 4.90 Å². The van der Waals surface area contributed by atoms with Crippen molar-refractivity contribution in [1.29, 1.82) is 0 Å². The van der Waals surface area contributed by atoms with Gasteiger partial charge < -0.3 is 9.47 Å². The second-order valence-electron chi connectivity index (χ2n) is 15.9. The van der Waals surface area contributed by atoms with Gasteiger partial charge >= 0.3 is 0 Å². The lowest BCUT2D eigenvalue weighted by atomic mass is 9.82. The van der Waals surface area contributed by atoms with Crippen LogP contribution in [0, 0.1) is 0 Å². The lowest BCUT2D eigenvalue weighted by Crippen LogP contribution is -2.16. The van der Waals surface area contributed by atoms with Crippen LogP contribution in [0.1, 0.15) is 30.5 Å². The van der Waals surface area contributed by atoms with Crippen LogP contribution in [0.3, 0.4) is 0 Å². The summed E-state index contributed by atoms with van der Waals surface area (Å²) >= 11 is 0. The molecule has 0 saturated carbocycles. The number of allylic oxidation sites excluding steroid dienone is 4. The van der Waals surface area contributed by atoms with Crippen molar-refractivity contribution in [2.45, 2.75) is 19.3 Å². The molecule has 2 heteroatoms. The highest BCUT2D eigenvalue weighted by Gasteiger charge is 2.35. The van der Waals surface area contributed by atoms with Crippen molar-refractivity contribution in [1.82, 2.24) is 4.57 Å². The van der Waals surface area contributed by atoms with Gasteiger partial charge in [0.05, 0.1) is 11.0 Å². The van der Waals surface area contributed by atoms with E-state index in [1.165, 1.54) is 66.3 Å². The number of anilines is 3. The Labute approximate surface area is 347 Å². The number of nitrogens with zero attached hydrogens (tertiary/aromatic N) is 2. The van der Waals surface area contributed by atoms with E-state index in [9.17, 15) is 0 Å². The molecule has 0 unspecified atom stereocenters. The molecule has 9 aromatic rings. The molecule has 1 heterocycles. The van der Waals surface area contributed by atoms with Crippen LogP contribution >= 0.6 is 0 Å². The highest BCUT2D eigenvalue weighted by molar-refractivity contribution is 6.11. The van der Waals surface area contributed by atoms with Gasteiger partial charge in [0.25, 0.3) is 0 Å². The molecule has 0 radical (unpaired) electrons. The van der Waals surface area contributed by atoms with Crippen LogP contribution in [0.4, 0.5) is 17.1 Å². The zero-order chi connectivity index (χ0) is 40.1. The minimum absolute atomic E-state index is 0.132. The predicted molar refractivity (Wildman–Crippen MR) is 252 cm³/mol. The molecular formula is C57H44N2. The van der Waals surface area contributed by atoms with Crippen molar-refractivity contribution < 1.29 is 0 Å². The Hall–Kier alpha value is -7.42. The van der Waals surface area contributed by atoms with E-state index in [4.69, 9.17) is 0 Å². The van der Waals surface area contributed by atoms with Crippen molar-refractivity contribution in [3.8, 4) is 39.1 Å². The number of hydrogen-bond donors (Lipinski definition) is 0. The molecule has 0 fully saturated rings. The molecule has 0 spiro atoms. The van der Waals surface area contributed by atoms with E-state index in [0.717, 1.165) is 33.9 Å². The summed E-state index contributed by atoms with van der Waals surface area (Å²) in [4.78, 5) is 2.40. The van der Waals surface area contributed by atoms with Crippen LogP contribution in [0.15, 0.2) is 219 Å². The number of benzene rings is 8. The number of fused-ring (bicyclic) bond motifs is 6. The van der Waals surface area contributed by atoms with E-state index in [2.05, 4.69) is 225 Å². The number of aromatic nitrogens is 1. The summed E-state index contributed by atoms with van der Waals surface area (Å²) in [6.07, 6.45) is 5.70. The van der Waals surface area contributed by atoms with Gasteiger partial charge in [0.1, 0.15) is 0 Å². The Bertz CT molecular complexity index is 3090. The molecule has 1 aliphatic carbocycles. The summed E-state index contributed by atoms with van der Waals surface area (Å²) in [6.45, 7) is 12.7. The zero-order valence-corrected chi connectivity index (χ0v) is 33.4. The smallest absolute Gasteiger partial charge is 0.0541 e. The predicted octanol–water partition coefficient (Wildman–Crippen LogP) is 15.6. The summed E-state index contributed by atoms with van der Waals surface area (Å²) in [5, 5.41) is 2.47. The third kappa shape index (κ3) is 6.04. The fourth-order valence-electron chi connectivity index (χ4n) is 9.27. The second-order valence-corrected chi connectivity index (χ2v) is 15.9. The monoisotopic (exact) mass is 756 g/mol. The van der Waals surface area contributed by atoms with E-state index in [-0.39, 0.29) is 5.41 Å². The van der Waals surface area contributed by atoms with Gasteiger partial charge in [-0.15, -0.1) is 0 Å². The van der Waals surface area contributed by atoms with Gasteiger partial charge in [0, 0.05) is 38.9 Å². The zero-order valence-electron chi connectivity index (χ0n) is 33.4. The van der Waals surface area contributed by atoms with Crippen molar-refractivity contribution >= 4 is 44.4 Å². The van der Waals surface area contributed by atoms with Gasteiger partial charge in [-0.2, -0.15) is 0 Å². The minimum atomic E-state index is -0.132. The summed E-state index contributed by atoms with van der Waals surface area (Å²) in [5.41, 5.74) is 18.9. The van der Waals surface area contributed by atoms with Gasteiger partial charge in [-0.25, -0.2) is 0 Å². The fourth-order valence-corrected chi connectivity index (χ4v) is 9.27. The first kappa shape index (κ1) is 36.0. The van der Waals surface area contributed by atoms with Crippen LogP contribution in [-0.4, -0.2) is 4.57 Å². The van der Waals surface area contributed by atoms with Gasteiger partial charge in [-0.3, -0.25) is 0 Å². The van der Waals surface area contributed by atoms with Crippen LogP contribution in [0.25, 0.3) is 66.4 Å². The molecule has 10 rings (SSSR count). The van der Waals surface area contributed by atoms with E-state index in [1.807, 2.05) is 18.2 Å². The largest absolute Gasteiger partial charge is 0.310 e. The molecule has 2 nitrogen and oxygen atoms in total. The normalized spacial score (nSPS) is 12.9. The topological polar surface area (TPSA) is 8.17 Å². The highest BCUT2D eigenvalue weighted by Crippen LogP contribution is 2.51. The molecule has 0 saturated heterocycles. The average molecular weight is 757 g/mol. The standard InChI is InChI=1S/C57H44N2/c1-5-17-39(6-2)40-26-29-44(30-27-40)58(46-32-34-49-48-22-13-15-24-53(48)57(3,4)54(49)38-46)45-31-33-47(51(37-45)41-18-9-7-10-19-41)42-28-35-56-52(36-42)50-23-14-16-25-55(50)59(56)43-20-11-8-12-21-43/h5-38H,1-2H2,3-4H3/b39-17+. The Kier molecular flexibility index (Phi) is 8.84. The van der Waals surface area contributed by atoms with E-state index in [1.54, 1.807) is 0 Å². The summed E-state index contributed by atoms with van der Waals surface area (Å²) in [6, 6.07) is 68.8. The molecule has 59 heavy (non-hydrogen) atoms. The van der Waals surface area contributed by atoms with Gasteiger partial charge in [0.2, 0.25) is 0 Å². The van der Waals surface area contributed by atoms with Gasteiger partial charge in [-0.05, 0) is 122 Å². The Morgan fingerprint density at radius 3 is 1.88 bits per heavy atom. The molecule has 0 atom stereocenters. The Balaban J connectivity index is 1.16. The first-order valence-electron chi connectivity index (χ1n) is 20.3. The molecule has 0 bridgehead atoms. The maximum Gasteiger partial charge on any atom is 0.0541 e. The third-order valence-corrected chi connectivity index (χ3v) is 12.1. The minimum Gasteiger partial charge on any atom is -0.310 e. The molecule has 1 aliphatic rings. The molecule has 0 aliphatic heterocycles.